The van der Waals surface area contributed by atoms with Crippen LogP contribution in [0.2, 0.25) is 0 Å². The highest BCUT2D eigenvalue weighted by Crippen LogP contribution is 2.41. The number of anilines is 1. The third-order valence-electron chi connectivity index (χ3n) is 6.21. The van der Waals surface area contributed by atoms with E-state index in [-0.39, 0.29) is 0 Å². The molecule has 2 aliphatic rings. The molecule has 0 unspecified atom stereocenters. The first-order valence-corrected chi connectivity index (χ1v) is 13.0. The van der Waals surface area contributed by atoms with Crippen LogP contribution < -0.4 is 4.90 Å². The maximum atomic E-state index is 11.9. The van der Waals surface area contributed by atoms with Crippen LogP contribution in [0.15, 0.2) is 0 Å². The van der Waals surface area contributed by atoms with Crippen molar-refractivity contribution in [3.8, 4) is 0 Å². The molecule has 2 aromatic rings. The highest BCUT2D eigenvalue weighted by molar-refractivity contribution is 7.88. The topological polar surface area (TPSA) is 66.4 Å². The van der Waals surface area contributed by atoms with Crippen LogP contribution in [-0.4, -0.2) is 55.1 Å². The van der Waals surface area contributed by atoms with E-state index in [4.69, 9.17) is 9.97 Å². The lowest BCUT2D eigenvalue weighted by atomic mass is 9.89. The molecule has 28 heavy (non-hydrogen) atoms. The fraction of sp³-hybridized carbons (Fsp3) is 0.700. The molecule has 1 saturated heterocycles. The summed E-state index contributed by atoms with van der Waals surface area (Å²) in [4.78, 5) is 14.9. The first-order chi connectivity index (χ1) is 13.3. The normalized spacial score (nSPS) is 22.4. The first-order valence-electron chi connectivity index (χ1n) is 10.3. The molecule has 1 aliphatic heterocycles. The van der Waals surface area contributed by atoms with Gasteiger partial charge in [-0.1, -0.05) is 20.8 Å². The van der Waals surface area contributed by atoms with E-state index >= 15 is 0 Å². The van der Waals surface area contributed by atoms with Crippen molar-refractivity contribution in [3.63, 3.8) is 0 Å². The second kappa shape index (κ2) is 7.54. The molecule has 0 amide bonds. The molecule has 154 valence electrons. The lowest BCUT2D eigenvalue weighted by Crippen LogP contribution is -2.48. The van der Waals surface area contributed by atoms with Crippen molar-refractivity contribution in [2.24, 2.45) is 5.92 Å². The van der Waals surface area contributed by atoms with Crippen molar-refractivity contribution in [2.45, 2.75) is 52.4 Å². The average molecular weight is 423 g/mol. The number of rotatable bonds is 4. The maximum absolute atomic E-state index is 11.9. The summed E-state index contributed by atoms with van der Waals surface area (Å²) < 4.78 is 25.3. The van der Waals surface area contributed by atoms with Gasteiger partial charge in [0.15, 0.2) is 0 Å². The Kier molecular flexibility index (Phi) is 5.39. The summed E-state index contributed by atoms with van der Waals surface area (Å²) in [7, 11) is -3.13. The minimum absolute atomic E-state index is 0.318. The van der Waals surface area contributed by atoms with Gasteiger partial charge in [-0.25, -0.2) is 18.4 Å². The largest absolute Gasteiger partial charge is 0.353 e. The van der Waals surface area contributed by atoms with E-state index in [9.17, 15) is 8.42 Å². The predicted molar refractivity (Wildman–Crippen MR) is 116 cm³/mol. The quantitative estimate of drug-likeness (QED) is 0.755. The van der Waals surface area contributed by atoms with Crippen LogP contribution in [0.4, 0.5) is 5.82 Å². The highest BCUT2D eigenvalue weighted by Gasteiger charge is 2.29. The van der Waals surface area contributed by atoms with E-state index in [1.165, 1.54) is 28.5 Å². The van der Waals surface area contributed by atoms with E-state index in [0.717, 1.165) is 41.7 Å². The Morgan fingerprint density at radius 1 is 1.21 bits per heavy atom. The van der Waals surface area contributed by atoms with Crippen LogP contribution in [0.3, 0.4) is 0 Å². The number of aromatic nitrogens is 2. The van der Waals surface area contributed by atoms with Crippen molar-refractivity contribution in [3.05, 3.63) is 16.3 Å². The van der Waals surface area contributed by atoms with Gasteiger partial charge in [-0.2, -0.15) is 4.31 Å². The molecule has 0 saturated carbocycles. The third-order valence-corrected chi connectivity index (χ3v) is 8.66. The molecule has 0 aromatic carbocycles. The Labute approximate surface area is 172 Å². The average Bonchev–Trinajstić information content (AvgIpc) is 3.03. The van der Waals surface area contributed by atoms with Crippen LogP contribution in [-0.2, 0) is 22.9 Å². The van der Waals surface area contributed by atoms with Gasteiger partial charge < -0.3 is 4.90 Å². The molecule has 0 N–H and O–H groups in total. The fourth-order valence-electron chi connectivity index (χ4n) is 4.20. The zero-order valence-corrected chi connectivity index (χ0v) is 18.9. The summed E-state index contributed by atoms with van der Waals surface area (Å²) in [6.45, 7) is 9.08. The van der Waals surface area contributed by atoms with Crippen LogP contribution in [0, 0.1) is 5.92 Å². The fourth-order valence-corrected chi connectivity index (χ4v) is 6.41. The molecule has 4 rings (SSSR count). The van der Waals surface area contributed by atoms with E-state index in [2.05, 4.69) is 25.7 Å². The number of nitrogens with zero attached hydrogens (tertiary/aromatic N) is 4. The summed E-state index contributed by atoms with van der Waals surface area (Å²) in [5.41, 5.74) is 1.44. The van der Waals surface area contributed by atoms with Crippen LogP contribution >= 0.6 is 11.3 Å². The molecule has 0 spiro atoms. The monoisotopic (exact) mass is 422 g/mol. The lowest BCUT2D eigenvalue weighted by molar-refractivity contribution is 0.387. The minimum Gasteiger partial charge on any atom is -0.353 e. The molecule has 0 radical (unpaired) electrons. The molecule has 0 bridgehead atoms. The van der Waals surface area contributed by atoms with Crippen LogP contribution in [0.1, 0.15) is 55.8 Å². The van der Waals surface area contributed by atoms with Crippen molar-refractivity contribution < 1.29 is 8.42 Å². The Bertz CT molecular complexity index is 978. The van der Waals surface area contributed by atoms with Gasteiger partial charge in [0.05, 0.1) is 11.6 Å². The number of sulfonamides is 1. The standard InChI is InChI=1S/C20H30N4O2S2/c1-5-14(3)18-21-19(23-8-10-24(11-9-23)28(4,25)26)17-15-7-6-13(2)12-16(15)27-20(17)22-18/h13-14H,5-12H2,1-4H3/t13-,14+/m0/s1. The van der Waals surface area contributed by atoms with Gasteiger partial charge in [0, 0.05) is 37.0 Å². The van der Waals surface area contributed by atoms with Crippen LogP contribution in [0.25, 0.3) is 10.2 Å². The van der Waals surface area contributed by atoms with Gasteiger partial charge in [-0.3, -0.25) is 0 Å². The summed E-state index contributed by atoms with van der Waals surface area (Å²) in [5, 5.41) is 1.23. The van der Waals surface area contributed by atoms with Crippen molar-refractivity contribution in [2.75, 3.05) is 37.3 Å². The number of piperazine rings is 1. The number of fused-ring (bicyclic) bond motifs is 3. The third kappa shape index (κ3) is 3.66. The van der Waals surface area contributed by atoms with E-state index in [0.29, 0.717) is 32.1 Å². The SMILES string of the molecule is CC[C@@H](C)c1nc(N2CCN(S(C)(=O)=O)CC2)c2c3c(sc2n1)C[C@@H](C)CC3. The highest BCUT2D eigenvalue weighted by atomic mass is 32.2. The molecular formula is C20H30N4O2S2. The molecule has 1 aliphatic carbocycles. The smallest absolute Gasteiger partial charge is 0.211 e. The predicted octanol–water partition coefficient (Wildman–Crippen LogP) is 3.41. The number of thiophene rings is 1. The zero-order valence-electron chi connectivity index (χ0n) is 17.2. The summed E-state index contributed by atoms with van der Waals surface area (Å²) in [5.74, 6) is 2.99. The summed E-state index contributed by atoms with van der Waals surface area (Å²) in [6, 6.07) is 0. The van der Waals surface area contributed by atoms with Gasteiger partial charge in [0.1, 0.15) is 16.5 Å². The lowest BCUT2D eigenvalue weighted by Gasteiger charge is -2.34. The Morgan fingerprint density at radius 2 is 1.93 bits per heavy atom. The van der Waals surface area contributed by atoms with Gasteiger partial charge in [0.25, 0.3) is 0 Å². The maximum Gasteiger partial charge on any atom is 0.211 e. The number of hydrogen-bond acceptors (Lipinski definition) is 6. The van der Waals surface area contributed by atoms with Gasteiger partial charge in [-0.15, -0.1) is 11.3 Å². The van der Waals surface area contributed by atoms with Gasteiger partial charge in [0.2, 0.25) is 10.0 Å². The van der Waals surface area contributed by atoms with Gasteiger partial charge in [-0.05, 0) is 37.2 Å². The van der Waals surface area contributed by atoms with Gasteiger partial charge >= 0.3 is 0 Å². The van der Waals surface area contributed by atoms with Crippen molar-refractivity contribution in [1.29, 1.82) is 0 Å². The first kappa shape index (κ1) is 20.0. The molecule has 2 aromatic heterocycles. The van der Waals surface area contributed by atoms with Crippen molar-refractivity contribution >= 4 is 37.4 Å². The van der Waals surface area contributed by atoms with E-state index in [1.54, 1.807) is 4.31 Å². The molecule has 3 heterocycles. The van der Waals surface area contributed by atoms with Crippen LogP contribution in [0.5, 0.6) is 0 Å². The Hall–Kier alpha value is -1.25. The second-order valence-electron chi connectivity index (χ2n) is 8.40. The van der Waals surface area contributed by atoms with Crippen molar-refractivity contribution in [1.82, 2.24) is 14.3 Å². The summed E-state index contributed by atoms with van der Waals surface area (Å²) >= 11 is 1.84. The Balaban J connectivity index is 1.77. The number of aryl methyl sites for hydroxylation is 1. The second-order valence-corrected chi connectivity index (χ2v) is 11.5. The molecule has 6 nitrogen and oxygen atoms in total. The van der Waals surface area contributed by atoms with E-state index < -0.39 is 10.0 Å². The zero-order chi connectivity index (χ0) is 20.1. The molecule has 8 heteroatoms. The summed E-state index contributed by atoms with van der Waals surface area (Å²) in [6.07, 6.45) is 5.75. The molecular weight excluding hydrogens is 392 g/mol. The Morgan fingerprint density at radius 3 is 2.57 bits per heavy atom. The number of hydrogen-bond donors (Lipinski definition) is 0. The van der Waals surface area contributed by atoms with E-state index in [1.807, 2.05) is 11.3 Å². The minimum atomic E-state index is -3.13. The molecule has 1 fully saturated rings. The molecule has 2 atom stereocenters.